The van der Waals surface area contributed by atoms with Crippen molar-refractivity contribution in [1.82, 2.24) is 10.3 Å². The van der Waals surface area contributed by atoms with Gasteiger partial charge in [0.25, 0.3) is 0 Å². The monoisotopic (exact) mass is 327 g/mol. The SMILES string of the molecule is COC(=O)C(Cc1ccccc1)NCc1cnc(N)s1.Cl. The molecule has 1 heterocycles. The van der Waals surface area contributed by atoms with Crippen LogP contribution >= 0.6 is 23.7 Å². The van der Waals surface area contributed by atoms with E-state index in [0.29, 0.717) is 18.1 Å². The normalized spacial score (nSPS) is 11.5. The lowest BCUT2D eigenvalue weighted by Crippen LogP contribution is -2.38. The molecule has 0 aliphatic rings. The van der Waals surface area contributed by atoms with Gasteiger partial charge in [-0.2, -0.15) is 0 Å². The van der Waals surface area contributed by atoms with Gasteiger partial charge in [0.2, 0.25) is 0 Å². The minimum atomic E-state index is -0.384. The molecule has 1 aromatic heterocycles. The van der Waals surface area contributed by atoms with Gasteiger partial charge < -0.3 is 10.5 Å². The van der Waals surface area contributed by atoms with Crippen LogP contribution in [0.5, 0.6) is 0 Å². The molecule has 5 nitrogen and oxygen atoms in total. The summed E-state index contributed by atoms with van der Waals surface area (Å²) in [6, 6.07) is 9.45. The Morgan fingerprint density at radius 1 is 1.43 bits per heavy atom. The highest BCUT2D eigenvalue weighted by Crippen LogP contribution is 2.14. The number of ether oxygens (including phenoxy) is 1. The number of carbonyl (C=O) groups excluding carboxylic acids is 1. The van der Waals surface area contributed by atoms with Crippen molar-refractivity contribution in [2.24, 2.45) is 0 Å². The van der Waals surface area contributed by atoms with Crippen LogP contribution in [0, 0.1) is 0 Å². The van der Waals surface area contributed by atoms with Gasteiger partial charge in [-0.15, -0.1) is 23.7 Å². The zero-order chi connectivity index (χ0) is 14.4. The number of esters is 1. The van der Waals surface area contributed by atoms with Gasteiger partial charge in [-0.3, -0.25) is 10.1 Å². The molecule has 3 N–H and O–H groups in total. The summed E-state index contributed by atoms with van der Waals surface area (Å²) < 4.78 is 4.84. The zero-order valence-electron chi connectivity index (χ0n) is 11.6. The summed E-state index contributed by atoms with van der Waals surface area (Å²) in [6.07, 6.45) is 2.30. The Hall–Kier alpha value is -1.63. The smallest absolute Gasteiger partial charge is 0.323 e. The molecule has 2 aromatic rings. The average molecular weight is 328 g/mol. The molecule has 0 bridgehead atoms. The van der Waals surface area contributed by atoms with Gasteiger partial charge in [-0.05, 0) is 12.0 Å². The number of benzene rings is 1. The molecule has 114 valence electrons. The van der Waals surface area contributed by atoms with Crippen LogP contribution in [0.3, 0.4) is 0 Å². The van der Waals surface area contributed by atoms with Crippen molar-refractivity contribution < 1.29 is 9.53 Å². The van der Waals surface area contributed by atoms with E-state index in [9.17, 15) is 4.79 Å². The van der Waals surface area contributed by atoms with Crippen molar-refractivity contribution in [1.29, 1.82) is 0 Å². The van der Waals surface area contributed by atoms with Crippen LogP contribution in [-0.2, 0) is 22.5 Å². The van der Waals surface area contributed by atoms with Crippen molar-refractivity contribution in [2.45, 2.75) is 19.0 Å². The Labute approximate surface area is 133 Å². The minimum absolute atomic E-state index is 0. The Kier molecular flexibility index (Phi) is 7.14. The van der Waals surface area contributed by atoms with Crippen LogP contribution in [-0.4, -0.2) is 24.1 Å². The van der Waals surface area contributed by atoms with Gasteiger partial charge >= 0.3 is 5.97 Å². The highest BCUT2D eigenvalue weighted by molar-refractivity contribution is 7.15. The maximum Gasteiger partial charge on any atom is 0.323 e. The molecule has 0 amide bonds. The third-order valence-corrected chi connectivity index (χ3v) is 3.69. The second-order valence-electron chi connectivity index (χ2n) is 4.31. The van der Waals surface area contributed by atoms with Crippen LogP contribution in [0.4, 0.5) is 5.13 Å². The van der Waals surface area contributed by atoms with Crippen LogP contribution in [0.15, 0.2) is 36.5 Å². The number of thiazole rings is 1. The van der Waals surface area contributed by atoms with E-state index in [2.05, 4.69) is 10.3 Å². The lowest BCUT2D eigenvalue weighted by molar-refractivity contribution is -0.143. The number of carbonyl (C=O) groups is 1. The number of aromatic nitrogens is 1. The molecular weight excluding hydrogens is 310 g/mol. The van der Waals surface area contributed by atoms with Crippen molar-refractivity contribution in [3.05, 3.63) is 47.0 Å². The summed E-state index contributed by atoms with van der Waals surface area (Å²) in [4.78, 5) is 16.8. The fraction of sp³-hybridized carbons (Fsp3) is 0.286. The van der Waals surface area contributed by atoms with Gasteiger partial charge in [-0.1, -0.05) is 30.3 Å². The lowest BCUT2D eigenvalue weighted by Gasteiger charge is -2.16. The number of hydrogen-bond acceptors (Lipinski definition) is 6. The first-order valence-electron chi connectivity index (χ1n) is 6.24. The molecule has 1 aromatic carbocycles. The van der Waals surface area contributed by atoms with E-state index in [-0.39, 0.29) is 24.4 Å². The maximum absolute atomic E-state index is 11.8. The molecule has 21 heavy (non-hydrogen) atoms. The Balaban J connectivity index is 0.00000220. The zero-order valence-corrected chi connectivity index (χ0v) is 13.2. The topological polar surface area (TPSA) is 77.2 Å². The van der Waals surface area contributed by atoms with E-state index in [1.54, 1.807) is 6.20 Å². The van der Waals surface area contributed by atoms with Gasteiger partial charge in [0.05, 0.1) is 7.11 Å². The Morgan fingerprint density at radius 3 is 2.71 bits per heavy atom. The number of halogens is 1. The number of nitrogen functional groups attached to an aromatic ring is 1. The second-order valence-corrected chi connectivity index (χ2v) is 5.46. The molecular formula is C14H18ClN3O2S. The molecule has 0 saturated carbocycles. The molecule has 0 spiro atoms. The summed E-state index contributed by atoms with van der Waals surface area (Å²) in [5.74, 6) is -0.272. The summed E-state index contributed by atoms with van der Waals surface area (Å²) in [5.41, 5.74) is 6.67. The predicted molar refractivity (Wildman–Crippen MR) is 86.6 cm³/mol. The molecule has 0 saturated heterocycles. The number of methoxy groups -OCH3 is 1. The van der Waals surface area contributed by atoms with Crippen molar-refractivity contribution >= 4 is 34.8 Å². The van der Waals surface area contributed by atoms with E-state index in [0.717, 1.165) is 10.4 Å². The fourth-order valence-electron chi connectivity index (χ4n) is 1.86. The number of anilines is 1. The molecule has 0 radical (unpaired) electrons. The standard InChI is InChI=1S/C14H17N3O2S.ClH/c1-19-13(18)12(7-10-5-3-2-4-6-10)16-8-11-9-17-14(15)20-11;/h2-6,9,12,16H,7-8H2,1H3,(H2,15,17);1H. The number of hydrogen-bond donors (Lipinski definition) is 2. The van der Waals surface area contributed by atoms with E-state index >= 15 is 0 Å². The number of nitrogens with one attached hydrogen (secondary N) is 1. The molecule has 2 rings (SSSR count). The third-order valence-electron chi connectivity index (χ3n) is 2.86. The molecule has 0 fully saturated rings. The largest absolute Gasteiger partial charge is 0.468 e. The summed E-state index contributed by atoms with van der Waals surface area (Å²) in [6.45, 7) is 0.543. The molecule has 1 atom stereocenters. The van der Waals surface area contributed by atoms with E-state index in [1.807, 2.05) is 30.3 Å². The summed E-state index contributed by atoms with van der Waals surface area (Å²) >= 11 is 1.41. The number of nitrogens with zero attached hydrogens (tertiary/aromatic N) is 1. The van der Waals surface area contributed by atoms with Gasteiger partial charge in [-0.25, -0.2) is 4.98 Å². The summed E-state index contributed by atoms with van der Waals surface area (Å²) in [7, 11) is 1.40. The van der Waals surface area contributed by atoms with Crippen LogP contribution in [0.1, 0.15) is 10.4 Å². The van der Waals surface area contributed by atoms with E-state index in [4.69, 9.17) is 10.5 Å². The first-order chi connectivity index (χ1) is 9.69. The average Bonchev–Trinajstić information content (AvgIpc) is 2.89. The quantitative estimate of drug-likeness (QED) is 0.794. The van der Waals surface area contributed by atoms with E-state index < -0.39 is 0 Å². The van der Waals surface area contributed by atoms with Gasteiger partial charge in [0.15, 0.2) is 5.13 Å². The van der Waals surface area contributed by atoms with Crippen LogP contribution in [0.25, 0.3) is 0 Å². The molecule has 0 aliphatic heterocycles. The van der Waals surface area contributed by atoms with Crippen LogP contribution in [0.2, 0.25) is 0 Å². The number of rotatable bonds is 6. The van der Waals surface area contributed by atoms with Gasteiger partial charge in [0, 0.05) is 17.6 Å². The second kappa shape index (κ2) is 8.61. The Morgan fingerprint density at radius 2 is 2.14 bits per heavy atom. The number of nitrogens with two attached hydrogens (primary N) is 1. The van der Waals surface area contributed by atoms with Gasteiger partial charge in [0.1, 0.15) is 6.04 Å². The van der Waals surface area contributed by atoms with Crippen molar-refractivity contribution in [3.8, 4) is 0 Å². The highest BCUT2D eigenvalue weighted by Gasteiger charge is 2.19. The van der Waals surface area contributed by atoms with Crippen LogP contribution < -0.4 is 11.1 Å². The lowest BCUT2D eigenvalue weighted by atomic mass is 10.1. The highest BCUT2D eigenvalue weighted by atomic mass is 35.5. The first kappa shape index (κ1) is 17.4. The van der Waals surface area contributed by atoms with Crippen molar-refractivity contribution in [2.75, 3.05) is 12.8 Å². The minimum Gasteiger partial charge on any atom is -0.468 e. The maximum atomic E-state index is 11.8. The molecule has 7 heteroatoms. The molecule has 0 aliphatic carbocycles. The third kappa shape index (κ3) is 5.34. The first-order valence-corrected chi connectivity index (χ1v) is 7.06. The van der Waals surface area contributed by atoms with Crippen molar-refractivity contribution in [3.63, 3.8) is 0 Å². The predicted octanol–water partition coefficient (Wildman–Crippen LogP) is 2.02. The fourth-order valence-corrected chi connectivity index (χ4v) is 2.49. The molecule has 1 unspecified atom stereocenters. The van der Waals surface area contributed by atoms with E-state index in [1.165, 1.54) is 18.4 Å². The summed E-state index contributed by atoms with van der Waals surface area (Å²) in [5, 5.41) is 3.72. The Bertz CT molecular complexity index is 562.